The van der Waals surface area contributed by atoms with Crippen LogP contribution in [0.5, 0.6) is 11.5 Å². The number of ether oxygens (including phenoxy) is 2. The van der Waals surface area contributed by atoms with Crippen LogP contribution in [0.25, 0.3) is 11.3 Å². The molecule has 1 aliphatic rings. The molecule has 0 atom stereocenters. The van der Waals surface area contributed by atoms with Crippen LogP contribution in [-0.2, 0) is 0 Å². The fourth-order valence-electron chi connectivity index (χ4n) is 1.58. The average Bonchev–Trinajstić information content (AvgIpc) is 2.86. The van der Waals surface area contributed by atoms with E-state index in [4.69, 9.17) is 31.3 Å². The van der Waals surface area contributed by atoms with Crippen molar-refractivity contribution in [2.75, 3.05) is 12.5 Å². The van der Waals surface area contributed by atoms with E-state index in [0.717, 1.165) is 0 Å². The molecule has 0 radical (unpaired) electrons. The first-order chi connectivity index (χ1) is 7.75. The number of nitrogen functional groups attached to an aromatic ring is 1. The highest BCUT2D eigenvalue weighted by molar-refractivity contribution is 6.33. The molecule has 6 heteroatoms. The molecule has 1 aromatic carbocycles. The van der Waals surface area contributed by atoms with Crippen LogP contribution in [0.3, 0.4) is 0 Å². The van der Waals surface area contributed by atoms with Crippen molar-refractivity contribution in [2.24, 2.45) is 0 Å². The Labute approximate surface area is 95.7 Å². The number of nitrogens with two attached hydrogens (primary N) is 1. The molecule has 5 nitrogen and oxygen atoms in total. The summed E-state index contributed by atoms with van der Waals surface area (Å²) in [7, 11) is 0. The molecule has 0 saturated heterocycles. The number of rotatable bonds is 1. The molecule has 0 fully saturated rings. The number of hydrogen-bond donors (Lipinski definition) is 1. The molecule has 0 unspecified atom stereocenters. The van der Waals surface area contributed by atoms with Gasteiger partial charge in [0.2, 0.25) is 6.79 Å². The van der Waals surface area contributed by atoms with Crippen LogP contribution in [0.2, 0.25) is 5.02 Å². The second kappa shape index (κ2) is 3.31. The van der Waals surface area contributed by atoms with Crippen LogP contribution >= 0.6 is 11.6 Å². The molecule has 0 aliphatic carbocycles. The van der Waals surface area contributed by atoms with E-state index in [-0.39, 0.29) is 6.79 Å². The highest BCUT2D eigenvalue weighted by atomic mass is 35.5. The Bertz CT molecular complexity index is 553. The molecule has 16 heavy (non-hydrogen) atoms. The van der Waals surface area contributed by atoms with Gasteiger partial charge in [-0.1, -0.05) is 16.8 Å². The van der Waals surface area contributed by atoms with Crippen molar-refractivity contribution in [3.8, 4) is 22.8 Å². The number of halogens is 1. The summed E-state index contributed by atoms with van der Waals surface area (Å²) in [5.74, 6) is 1.95. The minimum Gasteiger partial charge on any atom is -0.454 e. The van der Waals surface area contributed by atoms with Crippen LogP contribution in [0.4, 0.5) is 5.82 Å². The summed E-state index contributed by atoms with van der Waals surface area (Å²) >= 11 is 6.09. The third-order valence-electron chi connectivity index (χ3n) is 2.26. The first kappa shape index (κ1) is 9.35. The first-order valence-electron chi connectivity index (χ1n) is 4.56. The molecule has 2 aromatic rings. The molecular weight excluding hydrogens is 232 g/mol. The zero-order chi connectivity index (χ0) is 11.1. The lowest BCUT2D eigenvalue weighted by molar-refractivity contribution is 0.174. The second-order valence-corrected chi connectivity index (χ2v) is 3.68. The van der Waals surface area contributed by atoms with Gasteiger partial charge < -0.3 is 19.7 Å². The van der Waals surface area contributed by atoms with Crippen molar-refractivity contribution in [3.05, 3.63) is 23.2 Å². The number of nitrogens with zero attached hydrogens (tertiary/aromatic N) is 1. The van der Waals surface area contributed by atoms with Crippen LogP contribution in [-0.4, -0.2) is 11.9 Å². The van der Waals surface area contributed by atoms with Gasteiger partial charge in [-0.2, -0.15) is 0 Å². The summed E-state index contributed by atoms with van der Waals surface area (Å²) in [5, 5.41) is 4.11. The van der Waals surface area contributed by atoms with Crippen LogP contribution in [0, 0.1) is 0 Å². The Kier molecular flexibility index (Phi) is 1.94. The molecule has 0 bridgehead atoms. The van der Waals surface area contributed by atoms with Crippen LogP contribution in [0.1, 0.15) is 0 Å². The average molecular weight is 239 g/mol. The smallest absolute Gasteiger partial charge is 0.231 e. The SMILES string of the molecule is Nc1cc(-c2c(Cl)ccc3c2OCO3)on1. The molecular formula is C10H7ClN2O3. The normalized spacial score (nSPS) is 13.1. The van der Waals surface area contributed by atoms with E-state index in [1.165, 1.54) is 0 Å². The number of fused-ring (bicyclic) bond motifs is 1. The third-order valence-corrected chi connectivity index (χ3v) is 2.58. The highest BCUT2D eigenvalue weighted by Crippen LogP contribution is 2.45. The molecule has 82 valence electrons. The Morgan fingerprint density at radius 1 is 1.31 bits per heavy atom. The lowest BCUT2D eigenvalue weighted by atomic mass is 10.1. The molecule has 2 N–H and O–H groups in total. The standard InChI is InChI=1S/C10H7ClN2O3/c11-5-1-2-6-10(15-4-14-6)9(5)7-3-8(12)13-16-7/h1-3H,4H2,(H2,12,13). The quantitative estimate of drug-likeness (QED) is 0.826. The van der Waals surface area contributed by atoms with Crippen molar-refractivity contribution < 1.29 is 14.0 Å². The van der Waals surface area contributed by atoms with E-state index >= 15 is 0 Å². The maximum atomic E-state index is 6.09. The predicted molar refractivity (Wildman–Crippen MR) is 57.5 cm³/mol. The summed E-state index contributed by atoms with van der Waals surface area (Å²) < 4.78 is 15.6. The fourth-order valence-corrected chi connectivity index (χ4v) is 1.83. The maximum Gasteiger partial charge on any atom is 0.231 e. The van der Waals surface area contributed by atoms with Gasteiger partial charge in [0, 0.05) is 6.07 Å². The van der Waals surface area contributed by atoms with Gasteiger partial charge in [0.15, 0.2) is 23.1 Å². The Morgan fingerprint density at radius 3 is 2.94 bits per heavy atom. The maximum absolute atomic E-state index is 6.09. The molecule has 1 aromatic heterocycles. The molecule has 0 spiro atoms. The molecule has 0 saturated carbocycles. The summed E-state index contributed by atoms with van der Waals surface area (Å²) in [6.45, 7) is 0.173. The number of benzene rings is 1. The Hall–Kier alpha value is -1.88. The van der Waals surface area contributed by atoms with Gasteiger partial charge >= 0.3 is 0 Å². The van der Waals surface area contributed by atoms with Gasteiger partial charge in [-0.15, -0.1) is 0 Å². The summed E-state index contributed by atoms with van der Waals surface area (Å²) in [6.07, 6.45) is 0. The van der Waals surface area contributed by atoms with E-state index in [2.05, 4.69) is 5.16 Å². The van der Waals surface area contributed by atoms with Gasteiger partial charge in [0.05, 0.1) is 10.6 Å². The predicted octanol–water partition coefficient (Wildman–Crippen LogP) is 2.31. The van der Waals surface area contributed by atoms with Gasteiger partial charge in [-0.3, -0.25) is 0 Å². The van der Waals surface area contributed by atoms with Crippen molar-refractivity contribution in [1.29, 1.82) is 0 Å². The van der Waals surface area contributed by atoms with Crippen LogP contribution in [0.15, 0.2) is 22.7 Å². The third kappa shape index (κ3) is 1.29. The summed E-state index contributed by atoms with van der Waals surface area (Å²) in [6, 6.07) is 5.04. The minimum absolute atomic E-state index is 0.173. The van der Waals surface area contributed by atoms with E-state index in [1.54, 1.807) is 18.2 Å². The number of hydrogen-bond acceptors (Lipinski definition) is 5. The largest absolute Gasteiger partial charge is 0.454 e. The topological polar surface area (TPSA) is 70.5 Å². The van der Waals surface area contributed by atoms with E-state index in [0.29, 0.717) is 33.7 Å². The lowest BCUT2D eigenvalue weighted by Gasteiger charge is -2.03. The molecule has 0 amide bonds. The second-order valence-electron chi connectivity index (χ2n) is 3.27. The number of aromatic nitrogens is 1. The summed E-state index contributed by atoms with van der Waals surface area (Å²) in [5.41, 5.74) is 6.10. The first-order valence-corrected chi connectivity index (χ1v) is 4.94. The number of anilines is 1. The van der Waals surface area contributed by atoms with Crippen LogP contribution < -0.4 is 15.2 Å². The fraction of sp³-hybridized carbons (Fsp3) is 0.100. The van der Waals surface area contributed by atoms with Gasteiger partial charge in [-0.05, 0) is 12.1 Å². The molecule has 3 rings (SSSR count). The molecule has 2 heterocycles. The monoisotopic (exact) mass is 238 g/mol. The van der Waals surface area contributed by atoms with Crippen molar-refractivity contribution in [2.45, 2.75) is 0 Å². The van der Waals surface area contributed by atoms with Gasteiger partial charge in [0.1, 0.15) is 0 Å². The summed E-state index contributed by atoms with van der Waals surface area (Å²) in [4.78, 5) is 0. The zero-order valence-electron chi connectivity index (χ0n) is 8.07. The highest BCUT2D eigenvalue weighted by Gasteiger charge is 2.23. The van der Waals surface area contributed by atoms with Crippen molar-refractivity contribution in [1.82, 2.24) is 5.16 Å². The minimum atomic E-state index is 0.173. The van der Waals surface area contributed by atoms with E-state index in [1.807, 2.05) is 0 Å². The molecule has 1 aliphatic heterocycles. The van der Waals surface area contributed by atoms with E-state index in [9.17, 15) is 0 Å². The van der Waals surface area contributed by atoms with E-state index < -0.39 is 0 Å². The Balaban J connectivity index is 2.23. The van der Waals surface area contributed by atoms with Crippen molar-refractivity contribution in [3.63, 3.8) is 0 Å². The lowest BCUT2D eigenvalue weighted by Crippen LogP contribution is -1.93. The van der Waals surface area contributed by atoms with Gasteiger partial charge in [-0.25, -0.2) is 0 Å². The Morgan fingerprint density at radius 2 is 2.19 bits per heavy atom. The van der Waals surface area contributed by atoms with Crippen molar-refractivity contribution >= 4 is 17.4 Å². The zero-order valence-corrected chi connectivity index (χ0v) is 8.82. The van der Waals surface area contributed by atoms with Gasteiger partial charge in [0.25, 0.3) is 0 Å².